The van der Waals surface area contributed by atoms with E-state index < -0.39 is 10.0 Å². The van der Waals surface area contributed by atoms with Crippen LogP contribution < -0.4 is 10.0 Å². The number of pyridine rings is 1. The molecule has 1 heterocycles. The fourth-order valence-electron chi connectivity index (χ4n) is 3.01. The topological polar surface area (TPSA) is 88.2 Å². The summed E-state index contributed by atoms with van der Waals surface area (Å²) in [6.07, 6.45) is 0. The number of amides is 1. The molecule has 3 aromatic rings. The van der Waals surface area contributed by atoms with E-state index in [9.17, 15) is 13.2 Å². The molecule has 0 aliphatic rings. The Morgan fingerprint density at radius 2 is 1.48 bits per heavy atom. The highest BCUT2D eigenvalue weighted by Gasteiger charge is 2.17. The molecule has 0 saturated carbocycles. The number of anilines is 2. The van der Waals surface area contributed by atoms with Crippen molar-refractivity contribution in [2.45, 2.75) is 32.6 Å². The Bertz CT molecular complexity index is 1150. The van der Waals surface area contributed by atoms with Crippen LogP contribution in [-0.4, -0.2) is 19.3 Å². The summed E-state index contributed by atoms with van der Waals surface area (Å²) in [5.74, 6) is -0.292. The number of aromatic nitrogens is 1. The Morgan fingerprint density at radius 3 is 2.07 bits per heavy atom. The van der Waals surface area contributed by atoms with Gasteiger partial charge in [0.1, 0.15) is 0 Å². The minimum atomic E-state index is -3.74. The number of aryl methyl sites for hydroxylation is 4. The largest absolute Gasteiger partial charge is 0.322 e. The summed E-state index contributed by atoms with van der Waals surface area (Å²) in [4.78, 5) is 16.9. The molecule has 0 bridgehead atoms. The molecule has 2 aromatic carbocycles. The number of benzene rings is 2. The zero-order valence-electron chi connectivity index (χ0n) is 16.8. The summed E-state index contributed by atoms with van der Waals surface area (Å²) in [6, 6.07) is 15.1. The van der Waals surface area contributed by atoms with Gasteiger partial charge in [-0.05, 0) is 75.2 Å². The average Bonchev–Trinajstić information content (AvgIpc) is 2.65. The number of rotatable bonds is 5. The van der Waals surface area contributed by atoms with Gasteiger partial charge in [0.05, 0.1) is 21.8 Å². The lowest BCUT2D eigenvalue weighted by atomic mass is 10.1. The van der Waals surface area contributed by atoms with Crippen LogP contribution in [0.3, 0.4) is 0 Å². The van der Waals surface area contributed by atoms with Gasteiger partial charge in [0.15, 0.2) is 0 Å². The summed E-state index contributed by atoms with van der Waals surface area (Å²) in [5.41, 5.74) is 4.72. The molecule has 7 heteroatoms. The number of nitrogens with zero attached hydrogens (tertiary/aromatic N) is 1. The van der Waals surface area contributed by atoms with Crippen molar-refractivity contribution in [1.82, 2.24) is 4.98 Å². The fourth-order valence-corrected chi connectivity index (χ4v) is 4.21. The molecule has 0 unspecified atom stereocenters. The van der Waals surface area contributed by atoms with Crippen LogP contribution in [0.2, 0.25) is 0 Å². The molecule has 0 fully saturated rings. The predicted octanol–water partition coefficient (Wildman–Crippen LogP) is 4.37. The Labute approximate surface area is 171 Å². The lowest BCUT2D eigenvalue weighted by molar-refractivity contribution is 0.102. The molecule has 0 aliphatic carbocycles. The van der Waals surface area contributed by atoms with Gasteiger partial charge in [-0.1, -0.05) is 18.2 Å². The van der Waals surface area contributed by atoms with E-state index in [-0.39, 0.29) is 10.8 Å². The van der Waals surface area contributed by atoms with E-state index in [1.54, 1.807) is 31.2 Å². The van der Waals surface area contributed by atoms with E-state index >= 15 is 0 Å². The van der Waals surface area contributed by atoms with Crippen LogP contribution in [0.4, 0.5) is 11.4 Å². The van der Waals surface area contributed by atoms with Crippen LogP contribution in [-0.2, 0) is 10.0 Å². The van der Waals surface area contributed by atoms with Crippen LogP contribution in [0.25, 0.3) is 0 Å². The minimum absolute atomic E-state index is 0.117. The molecule has 6 nitrogen and oxygen atoms in total. The molecular formula is C22H23N3O3S. The van der Waals surface area contributed by atoms with E-state index in [0.29, 0.717) is 22.6 Å². The summed E-state index contributed by atoms with van der Waals surface area (Å²) in [5, 5.41) is 2.77. The van der Waals surface area contributed by atoms with Crippen molar-refractivity contribution >= 4 is 27.3 Å². The molecule has 29 heavy (non-hydrogen) atoms. The van der Waals surface area contributed by atoms with E-state index in [0.717, 1.165) is 16.8 Å². The van der Waals surface area contributed by atoms with E-state index in [1.165, 1.54) is 12.1 Å². The highest BCUT2D eigenvalue weighted by Crippen LogP contribution is 2.24. The first-order chi connectivity index (χ1) is 13.7. The Morgan fingerprint density at radius 1 is 0.862 bits per heavy atom. The van der Waals surface area contributed by atoms with Gasteiger partial charge >= 0.3 is 0 Å². The Kier molecular flexibility index (Phi) is 5.70. The lowest BCUT2D eigenvalue weighted by Gasteiger charge is -2.13. The Hall–Kier alpha value is -3.19. The SMILES string of the molecule is Cc1ccc(C(=O)Nc2ccc(S(=O)(=O)Nc3c(C)cccc3C)cc2)c(C)n1. The normalized spacial score (nSPS) is 11.2. The number of carbonyl (C=O) groups excluding carboxylic acids is 1. The van der Waals surface area contributed by atoms with E-state index in [1.807, 2.05) is 39.0 Å². The second-order valence-corrected chi connectivity index (χ2v) is 8.62. The van der Waals surface area contributed by atoms with Crippen LogP contribution in [0.1, 0.15) is 32.9 Å². The van der Waals surface area contributed by atoms with Gasteiger partial charge in [-0.25, -0.2) is 8.42 Å². The summed E-state index contributed by atoms with van der Waals surface area (Å²) < 4.78 is 28.1. The molecular weight excluding hydrogens is 386 g/mol. The van der Waals surface area contributed by atoms with Crippen LogP contribution in [0, 0.1) is 27.7 Å². The third-order valence-electron chi connectivity index (χ3n) is 4.61. The van der Waals surface area contributed by atoms with Crippen LogP contribution >= 0.6 is 0 Å². The summed E-state index contributed by atoms with van der Waals surface area (Å²) in [7, 11) is -3.74. The molecule has 1 aromatic heterocycles. The van der Waals surface area contributed by atoms with Gasteiger partial charge in [-0.2, -0.15) is 0 Å². The predicted molar refractivity (Wildman–Crippen MR) is 115 cm³/mol. The highest BCUT2D eigenvalue weighted by atomic mass is 32.2. The van der Waals surface area contributed by atoms with Crippen molar-refractivity contribution in [3.8, 4) is 0 Å². The number of nitrogens with one attached hydrogen (secondary N) is 2. The summed E-state index contributed by atoms with van der Waals surface area (Å²) >= 11 is 0. The lowest BCUT2D eigenvalue weighted by Crippen LogP contribution is -2.16. The van der Waals surface area contributed by atoms with Crippen molar-refractivity contribution in [2.24, 2.45) is 0 Å². The molecule has 0 saturated heterocycles. The van der Waals surface area contributed by atoms with Gasteiger partial charge in [0, 0.05) is 11.4 Å². The molecule has 0 spiro atoms. The van der Waals surface area contributed by atoms with Crippen molar-refractivity contribution in [3.63, 3.8) is 0 Å². The van der Waals surface area contributed by atoms with Crippen molar-refractivity contribution in [3.05, 3.63) is 82.7 Å². The summed E-state index contributed by atoms with van der Waals surface area (Å²) in [6.45, 7) is 7.34. The molecule has 0 aliphatic heterocycles. The smallest absolute Gasteiger partial charge is 0.261 e. The minimum Gasteiger partial charge on any atom is -0.322 e. The molecule has 3 rings (SSSR count). The molecule has 0 atom stereocenters. The zero-order chi connectivity index (χ0) is 21.2. The van der Waals surface area contributed by atoms with Gasteiger partial charge in [-0.3, -0.25) is 14.5 Å². The zero-order valence-corrected chi connectivity index (χ0v) is 17.6. The van der Waals surface area contributed by atoms with Gasteiger partial charge in [0.2, 0.25) is 0 Å². The van der Waals surface area contributed by atoms with Crippen molar-refractivity contribution < 1.29 is 13.2 Å². The molecule has 1 amide bonds. The Balaban J connectivity index is 1.78. The maximum Gasteiger partial charge on any atom is 0.261 e. The van der Waals surface area contributed by atoms with E-state index in [2.05, 4.69) is 15.0 Å². The number of para-hydroxylation sites is 1. The highest BCUT2D eigenvalue weighted by molar-refractivity contribution is 7.92. The first kappa shape index (κ1) is 20.5. The van der Waals surface area contributed by atoms with Crippen molar-refractivity contribution in [1.29, 1.82) is 0 Å². The van der Waals surface area contributed by atoms with Gasteiger partial charge in [-0.15, -0.1) is 0 Å². The molecule has 150 valence electrons. The molecule has 0 radical (unpaired) electrons. The second-order valence-electron chi connectivity index (χ2n) is 6.94. The maximum atomic E-state index is 12.7. The quantitative estimate of drug-likeness (QED) is 0.655. The molecule has 2 N–H and O–H groups in total. The second kappa shape index (κ2) is 8.05. The van der Waals surface area contributed by atoms with Gasteiger partial charge < -0.3 is 5.32 Å². The van der Waals surface area contributed by atoms with Crippen LogP contribution in [0.15, 0.2) is 59.5 Å². The standard InChI is InChI=1S/C22H23N3O3S/c1-14-6-5-7-15(2)21(14)25-29(27,28)19-11-9-18(10-12-19)24-22(26)20-13-8-16(3)23-17(20)4/h5-13,25H,1-4H3,(H,24,26). The third-order valence-corrected chi connectivity index (χ3v) is 5.98. The monoisotopic (exact) mass is 409 g/mol. The number of sulfonamides is 1. The average molecular weight is 410 g/mol. The van der Waals surface area contributed by atoms with Gasteiger partial charge in [0.25, 0.3) is 15.9 Å². The van der Waals surface area contributed by atoms with Crippen molar-refractivity contribution in [2.75, 3.05) is 10.0 Å². The number of hydrogen-bond donors (Lipinski definition) is 2. The fraction of sp³-hybridized carbons (Fsp3) is 0.182. The maximum absolute atomic E-state index is 12.7. The third kappa shape index (κ3) is 4.63. The first-order valence-corrected chi connectivity index (χ1v) is 10.6. The number of hydrogen-bond acceptors (Lipinski definition) is 4. The van der Waals surface area contributed by atoms with Crippen LogP contribution in [0.5, 0.6) is 0 Å². The first-order valence-electron chi connectivity index (χ1n) is 9.12. The number of carbonyl (C=O) groups is 1. The van der Waals surface area contributed by atoms with E-state index in [4.69, 9.17) is 0 Å².